The largest absolute Gasteiger partial charge is 0.454 e. The normalized spacial score (nSPS) is 12.4. The van der Waals surface area contributed by atoms with Crippen LogP contribution in [0.15, 0.2) is 49.1 Å². The second kappa shape index (κ2) is 8.31. The highest BCUT2D eigenvalue weighted by Crippen LogP contribution is 2.32. The fraction of sp³-hybridized carbons (Fsp3) is 0.333. The van der Waals surface area contributed by atoms with Gasteiger partial charge in [0.2, 0.25) is 6.79 Å². The van der Waals surface area contributed by atoms with Crippen LogP contribution in [-0.4, -0.2) is 41.5 Å². The second-order valence-corrected chi connectivity index (χ2v) is 6.93. The molecule has 4 rings (SSSR count). The van der Waals surface area contributed by atoms with E-state index >= 15 is 0 Å². The molecule has 0 amide bonds. The van der Waals surface area contributed by atoms with Gasteiger partial charge in [0.1, 0.15) is 12.1 Å². The number of aryl methyl sites for hydroxylation is 1. The molecule has 0 saturated carbocycles. The molecule has 0 bridgehead atoms. The summed E-state index contributed by atoms with van der Waals surface area (Å²) < 4.78 is 12.7. The van der Waals surface area contributed by atoms with Gasteiger partial charge in [-0.25, -0.2) is 9.97 Å². The van der Waals surface area contributed by atoms with E-state index in [1.165, 1.54) is 5.56 Å². The molecule has 0 aliphatic carbocycles. The summed E-state index contributed by atoms with van der Waals surface area (Å²) in [5, 5.41) is 3.50. The molecule has 1 aliphatic heterocycles. The summed E-state index contributed by atoms with van der Waals surface area (Å²) in [6.07, 6.45) is 6.49. The van der Waals surface area contributed by atoms with Gasteiger partial charge in [-0.2, -0.15) is 0 Å². The Balaban J connectivity index is 1.26. The summed E-state index contributed by atoms with van der Waals surface area (Å²) in [5.41, 5.74) is 3.35. The molecule has 2 aromatic heterocycles. The Labute approximate surface area is 164 Å². The Morgan fingerprint density at radius 2 is 2.07 bits per heavy atom. The molecule has 1 aliphatic rings. The third-order valence-corrected chi connectivity index (χ3v) is 4.75. The van der Waals surface area contributed by atoms with Crippen molar-refractivity contribution in [1.82, 2.24) is 19.9 Å². The van der Waals surface area contributed by atoms with Crippen LogP contribution in [0.5, 0.6) is 11.5 Å². The van der Waals surface area contributed by atoms with Gasteiger partial charge in [-0.05, 0) is 43.7 Å². The number of ether oxygens (including phenoxy) is 2. The Morgan fingerprint density at radius 1 is 1.18 bits per heavy atom. The van der Waals surface area contributed by atoms with Crippen LogP contribution in [-0.2, 0) is 6.54 Å². The van der Waals surface area contributed by atoms with Crippen LogP contribution in [0.3, 0.4) is 0 Å². The monoisotopic (exact) mass is 379 g/mol. The molecule has 146 valence electrons. The molecule has 0 fully saturated rings. The molecule has 0 unspecified atom stereocenters. The number of aromatic nitrogens is 3. The van der Waals surface area contributed by atoms with Crippen molar-refractivity contribution in [2.45, 2.75) is 19.9 Å². The van der Waals surface area contributed by atoms with Crippen molar-refractivity contribution >= 4 is 5.69 Å². The number of benzene rings is 1. The van der Waals surface area contributed by atoms with Gasteiger partial charge < -0.3 is 19.7 Å². The lowest BCUT2D eigenvalue weighted by Crippen LogP contribution is -2.24. The summed E-state index contributed by atoms with van der Waals surface area (Å²) in [6, 6.07) is 10.3. The fourth-order valence-electron chi connectivity index (χ4n) is 3.23. The maximum atomic E-state index is 5.43. The smallest absolute Gasteiger partial charge is 0.231 e. The number of hydrogen-bond donors (Lipinski definition) is 1. The molecule has 0 atom stereocenters. The van der Waals surface area contributed by atoms with E-state index in [2.05, 4.69) is 45.4 Å². The minimum Gasteiger partial charge on any atom is -0.454 e. The molecule has 0 radical (unpaired) electrons. The molecular formula is C21H25N5O2. The average molecular weight is 379 g/mol. The number of imidazole rings is 1. The van der Waals surface area contributed by atoms with E-state index in [1.54, 1.807) is 12.5 Å². The number of fused-ring (bicyclic) bond motifs is 1. The van der Waals surface area contributed by atoms with E-state index in [4.69, 9.17) is 9.47 Å². The molecule has 28 heavy (non-hydrogen) atoms. The Hall–Kier alpha value is -3.06. The van der Waals surface area contributed by atoms with Crippen molar-refractivity contribution in [3.63, 3.8) is 0 Å². The zero-order valence-electron chi connectivity index (χ0n) is 16.3. The minimum absolute atomic E-state index is 0.315. The summed E-state index contributed by atoms with van der Waals surface area (Å²) in [5.74, 6) is 2.55. The quantitative estimate of drug-likeness (QED) is 0.607. The first kappa shape index (κ1) is 18.3. The number of pyridine rings is 1. The van der Waals surface area contributed by atoms with Gasteiger partial charge in [-0.3, -0.25) is 4.57 Å². The lowest BCUT2D eigenvalue weighted by Gasteiger charge is -2.20. The highest BCUT2D eigenvalue weighted by atomic mass is 16.7. The standard InChI is InChI=1S/C21H25N5O2/c1-16-10-18(12-21(24-16)26-9-7-23-14-26)25(2)8-3-6-22-13-17-4-5-19-20(11-17)28-15-27-19/h4-5,7,9-12,14,22H,3,6,8,13,15H2,1-2H3. The van der Waals surface area contributed by atoms with Gasteiger partial charge in [0, 0.05) is 50.0 Å². The molecule has 7 heteroatoms. The lowest BCUT2D eigenvalue weighted by atomic mass is 10.2. The maximum Gasteiger partial charge on any atom is 0.231 e. The molecule has 3 heterocycles. The van der Waals surface area contributed by atoms with E-state index in [9.17, 15) is 0 Å². The average Bonchev–Trinajstić information content (AvgIpc) is 3.38. The van der Waals surface area contributed by atoms with Gasteiger partial charge in [0.15, 0.2) is 11.5 Å². The predicted octanol–water partition coefficient (Wildman–Crippen LogP) is 2.92. The van der Waals surface area contributed by atoms with Gasteiger partial charge >= 0.3 is 0 Å². The van der Waals surface area contributed by atoms with Gasteiger partial charge in [-0.15, -0.1) is 0 Å². The second-order valence-electron chi connectivity index (χ2n) is 6.93. The number of nitrogens with one attached hydrogen (secondary N) is 1. The molecule has 3 aromatic rings. The van der Waals surface area contributed by atoms with Crippen molar-refractivity contribution in [2.24, 2.45) is 0 Å². The third kappa shape index (κ3) is 4.26. The lowest BCUT2D eigenvalue weighted by molar-refractivity contribution is 0.174. The first-order valence-electron chi connectivity index (χ1n) is 9.46. The highest BCUT2D eigenvalue weighted by Gasteiger charge is 2.12. The van der Waals surface area contributed by atoms with Gasteiger partial charge in [0.05, 0.1) is 0 Å². The number of anilines is 1. The van der Waals surface area contributed by atoms with Crippen LogP contribution in [0.2, 0.25) is 0 Å². The summed E-state index contributed by atoms with van der Waals surface area (Å²) >= 11 is 0. The van der Waals surface area contributed by atoms with Gasteiger partial charge in [0.25, 0.3) is 0 Å². The molecule has 0 spiro atoms. The minimum atomic E-state index is 0.315. The Bertz CT molecular complexity index is 927. The first-order valence-corrected chi connectivity index (χ1v) is 9.46. The molecule has 0 saturated heterocycles. The number of nitrogens with zero attached hydrogens (tertiary/aromatic N) is 4. The molecular weight excluding hydrogens is 354 g/mol. The predicted molar refractivity (Wildman–Crippen MR) is 108 cm³/mol. The third-order valence-electron chi connectivity index (χ3n) is 4.75. The number of rotatable bonds is 8. The number of hydrogen-bond acceptors (Lipinski definition) is 6. The van der Waals surface area contributed by atoms with Crippen molar-refractivity contribution in [3.05, 3.63) is 60.3 Å². The van der Waals surface area contributed by atoms with E-state index in [1.807, 2.05) is 29.8 Å². The van der Waals surface area contributed by atoms with E-state index in [0.29, 0.717) is 6.79 Å². The van der Waals surface area contributed by atoms with Crippen LogP contribution >= 0.6 is 0 Å². The summed E-state index contributed by atoms with van der Waals surface area (Å²) in [4.78, 5) is 11.0. The SMILES string of the molecule is Cc1cc(N(C)CCCNCc2ccc3c(c2)OCO3)cc(-n2ccnc2)n1. The Morgan fingerprint density at radius 3 is 2.93 bits per heavy atom. The molecule has 7 nitrogen and oxygen atoms in total. The van der Waals surface area contributed by atoms with Crippen LogP contribution in [0.1, 0.15) is 17.7 Å². The summed E-state index contributed by atoms with van der Waals surface area (Å²) in [7, 11) is 2.12. The molecule has 1 aromatic carbocycles. The van der Waals surface area contributed by atoms with Crippen LogP contribution in [0.25, 0.3) is 5.82 Å². The highest BCUT2D eigenvalue weighted by molar-refractivity contribution is 5.51. The van der Waals surface area contributed by atoms with Crippen molar-refractivity contribution in [3.8, 4) is 17.3 Å². The van der Waals surface area contributed by atoms with E-state index < -0.39 is 0 Å². The maximum absolute atomic E-state index is 5.43. The van der Waals surface area contributed by atoms with E-state index in [0.717, 1.165) is 54.8 Å². The van der Waals surface area contributed by atoms with Gasteiger partial charge in [-0.1, -0.05) is 6.07 Å². The van der Waals surface area contributed by atoms with Crippen molar-refractivity contribution in [2.75, 3.05) is 31.8 Å². The topological polar surface area (TPSA) is 64.4 Å². The summed E-state index contributed by atoms with van der Waals surface area (Å²) in [6.45, 7) is 5.05. The first-order chi connectivity index (χ1) is 13.7. The van der Waals surface area contributed by atoms with Crippen molar-refractivity contribution in [1.29, 1.82) is 0 Å². The van der Waals surface area contributed by atoms with E-state index in [-0.39, 0.29) is 0 Å². The zero-order valence-corrected chi connectivity index (χ0v) is 16.3. The zero-order chi connectivity index (χ0) is 19.3. The molecule has 1 N–H and O–H groups in total. The van der Waals surface area contributed by atoms with Crippen LogP contribution < -0.4 is 19.7 Å². The Kier molecular flexibility index (Phi) is 5.43. The fourth-order valence-corrected chi connectivity index (χ4v) is 3.23. The van der Waals surface area contributed by atoms with Crippen LogP contribution in [0.4, 0.5) is 5.69 Å². The van der Waals surface area contributed by atoms with Crippen molar-refractivity contribution < 1.29 is 9.47 Å². The van der Waals surface area contributed by atoms with Crippen LogP contribution in [0, 0.1) is 6.92 Å².